The van der Waals surface area contributed by atoms with Crippen LogP contribution in [0.1, 0.15) is 10.4 Å². The zero-order chi connectivity index (χ0) is 20.4. The number of piperazine rings is 1. The lowest BCUT2D eigenvalue weighted by Crippen LogP contribution is -2.47. The van der Waals surface area contributed by atoms with Crippen molar-refractivity contribution in [2.75, 3.05) is 64.4 Å². The van der Waals surface area contributed by atoms with E-state index >= 15 is 0 Å². The topological polar surface area (TPSA) is 48.9 Å². The lowest BCUT2D eigenvalue weighted by atomic mass is 10.1. The minimum absolute atomic E-state index is 0.0239. The van der Waals surface area contributed by atoms with Crippen molar-refractivity contribution in [2.45, 2.75) is 0 Å². The Bertz CT molecular complexity index is 894. The number of carbonyl (C=O) groups is 1. The summed E-state index contributed by atoms with van der Waals surface area (Å²) in [7, 11) is 2.08. The highest BCUT2D eigenvalue weighted by atomic mass is 35.5. The average Bonchev–Trinajstić information content (AvgIpc) is 2.76. The largest absolute Gasteiger partial charge is 0.378 e. The Morgan fingerprint density at radius 1 is 1.00 bits per heavy atom. The molecule has 1 amide bonds. The summed E-state index contributed by atoms with van der Waals surface area (Å²) >= 11 is 12.6. The fourth-order valence-corrected chi connectivity index (χ4v) is 4.06. The molecule has 0 spiro atoms. The van der Waals surface area contributed by atoms with E-state index in [9.17, 15) is 4.79 Å². The molecule has 4 rings (SSSR count). The van der Waals surface area contributed by atoms with E-state index in [4.69, 9.17) is 32.9 Å². The first kappa shape index (κ1) is 20.4. The minimum atomic E-state index is 0.0239. The number of amides is 1. The van der Waals surface area contributed by atoms with Crippen molar-refractivity contribution in [1.82, 2.24) is 14.8 Å². The Morgan fingerprint density at radius 2 is 1.72 bits per heavy atom. The number of benzene rings is 1. The molecule has 2 saturated heterocycles. The number of hydrogen-bond acceptors (Lipinski definition) is 5. The number of aromatic nitrogens is 1. The predicted molar refractivity (Wildman–Crippen MR) is 116 cm³/mol. The summed E-state index contributed by atoms with van der Waals surface area (Å²) in [6, 6.07) is 9.21. The second-order valence-electron chi connectivity index (χ2n) is 7.36. The first-order valence-corrected chi connectivity index (χ1v) is 10.6. The number of hydrogen-bond donors (Lipinski definition) is 0. The molecule has 1 aromatic carbocycles. The molecule has 0 atom stereocenters. The van der Waals surface area contributed by atoms with Crippen molar-refractivity contribution >= 4 is 34.9 Å². The molecule has 0 radical (unpaired) electrons. The molecular formula is C21H24Cl2N4O2. The average molecular weight is 435 g/mol. The van der Waals surface area contributed by atoms with Crippen LogP contribution in [0.15, 0.2) is 30.3 Å². The minimum Gasteiger partial charge on any atom is -0.378 e. The maximum Gasteiger partial charge on any atom is 0.257 e. The van der Waals surface area contributed by atoms with Gasteiger partial charge in [-0.05, 0) is 25.2 Å². The molecule has 0 N–H and O–H groups in total. The van der Waals surface area contributed by atoms with Crippen LogP contribution in [0.3, 0.4) is 0 Å². The van der Waals surface area contributed by atoms with Gasteiger partial charge in [-0.2, -0.15) is 0 Å². The molecule has 154 valence electrons. The second kappa shape index (κ2) is 8.88. The van der Waals surface area contributed by atoms with Crippen molar-refractivity contribution in [3.05, 3.63) is 45.9 Å². The second-order valence-corrected chi connectivity index (χ2v) is 8.15. The quantitative estimate of drug-likeness (QED) is 0.741. The Hall–Kier alpha value is -1.86. The summed E-state index contributed by atoms with van der Waals surface area (Å²) < 4.78 is 5.49. The number of ether oxygens (including phenoxy) is 1. The van der Waals surface area contributed by atoms with E-state index in [2.05, 4.69) is 16.8 Å². The van der Waals surface area contributed by atoms with Crippen molar-refractivity contribution in [3.8, 4) is 11.3 Å². The van der Waals surface area contributed by atoms with Crippen LogP contribution in [0.25, 0.3) is 11.3 Å². The smallest absolute Gasteiger partial charge is 0.257 e. The van der Waals surface area contributed by atoms with Gasteiger partial charge in [0, 0.05) is 44.8 Å². The summed E-state index contributed by atoms with van der Waals surface area (Å²) in [4.78, 5) is 24.4. The molecule has 2 aliphatic heterocycles. The van der Waals surface area contributed by atoms with Crippen LogP contribution in [0.2, 0.25) is 10.0 Å². The highest BCUT2D eigenvalue weighted by Gasteiger charge is 2.27. The molecule has 6 nitrogen and oxygen atoms in total. The van der Waals surface area contributed by atoms with E-state index in [0.29, 0.717) is 53.4 Å². The standard InChI is InChI=1S/C21H24Cl2N4O2/c1-25-7-9-27(10-8-25)21(28)16-5-6-18(15-3-2-4-17(22)19(15)23)24-20(16)26-11-13-29-14-12-26/h2-6H,7-14H2,1H3. The van der Waals surface area contributed by atoms with Crippen LogP contribution in [-0.2, 0) is 4.74 Å². The molecule has 2 aromatic rings. The summed E-state index contributed by atoms with van der Waals surface area (Å²) in [6.45, 7) is 5.83. The van der Waals surface area contributed by atoms with Crippen LogP contribution in [-0.4, -0.2) is 80.2 Å². The van der Waals surface area contributed by atoms with Crippen molar-refractivity contribution in [2.24, 2.45) is 0 Å². The SMILES string of the molecule is CN1CCN(C(=O)c2ccc(-c3cccc(Cl)c3Cl)nc2N2CCOCC2)CC1. The Labute approximate surface area is 181 Å². The molecule has 29 heavy (non-hydrogen) atoms. The van der Waals surface area contributed by atoms with Crippen LogP contribution in [0, 0.1) is 0 Å². The molecule has 3 heterocycles. The lowest BCUT2D eigenvalue weighted by Gasteiger charge is -2.34. The summed E-state index contributed by atoms with van der Waals surface area (Å²) in [5.41, 5.74) is 2.08. The highest BCUT2D eigenvalue weighted by Crippen LogP contribution is 2.34. The van der Waals surface area contributed by atoms with Crippen molar-refractivity contribution in [3.63, 3.8) is 0 Å². The van der Waals surface area contributed by atoms with Gasteiger partial charge in [-0.3, -0.25) is 4.79 Å². The first-order valence-electron chi connectivity index (χ1n) is 9.80. The van der Waals surface area contributed by atoms with Gasteiger partial charge >= 0.3 is 0 Å². The number of likely N-dealkylation sites (N-methyl/N-ethyl adjacent to an activating group) is 1. The maximum absolute atomic E-state index is 13.3. The number of carbonyl (C=O) groups excluding carboxylic acids is 1. The van der Waals surface area contributed by atoms with Gasteiger partial charge in [-0.15, -0.1) is 0 Å². The third-order valence-electron chi connectivity index (χ3n) is 5.43. The molecule has 8 heteroatoms. The molecule has 0 aliphatic carbocycles. The molecule has 0 saturated carbocycles. The Morgan fingerprint density at radius 3 is 2.45 bits per heavy atom. The van der Waals surface area contributed by atoms with Gasteiger partial charge in [-0.1, -0.05) is 35.3 Å². The Balaban J connectivity index is 1.72. The number of halogens is 2. The first-order chi connectivity index (χ1) is 14.0. The van der Waals surface area contributed by atoms with Gasteiger partial charge in [0.05, 0.1) is 34.5 Å². The fourth-order valence-electron chi connectivity index (χ4n) is 3.66. The maximum atomic E-state index is 13.3. The third-order valence-corrected chi connectivity index (χ3v) is 6.25. The molecular weight excluding hydrogens is 411 g/mol. The number of nitrogens with zero attached hydrogens (tertiary/aromatic N) is 4. The van der Waals surface area contributed by atoms with Gasteiger partial charge in [0.2, 0.25) is 0 Å². The van der Waals surface area contributed by atoms with Gasteiger partial charge in [0.1, 0.15) is 5.82 Å². The number of morpholine rings is 1. The fraction of sp³-hybridized carbons (Fsp3) is 0.429. The van der Waals surface area contributed by atoms with E-state index in [1.165, 1.54) is 0 Å². The zero-order valence-corrected chi connectivity index (χ0v) is 17.9. The summed E-state index contributed by atoms with van der Waals surface area (Å²) in [5, 5.41) is 0.948. The van der Waals surface area contributed by atoms with Gasteiger partial charge in [0.15, 0.2) is 0 Å². The van der Waals surface area contributed by atoms with Gasteiger partial charge in [-0.25, -0.2) is 4.98 Å². The van der Waals surface area contributed by atoms with E-state index in [1.54, 1.807) is 6.07 Å². The van der Waals surface area contributed by atoms with Gasteiger partial charge < -0.3 is 19.4 Å². The predicted octanol–water partition coefficient (Wildman–Crippen LogP) is 3.28. The molecule has 0 bridgehead atoms. The highest BCUT2D eigenvalue weighted by molar-refractivity contribution is 6.43. The molecule has 0 unspecified atom stereocenters. The van der Waals surface area contributed by atoms with E-state index in [0.717, 1.165) is 31.7 Å². The Kier molecular flexibility index (Phi) is 6.25. The van der Waals surface area contributed by atoms with Crippen LogP contribution >= 0.6 is 23.2 Å². The van der Waals surface area contributed by atoms with E-state index in [1.807, 2.05) is 29.2 Å². The van der Waals surface area contributed by atoms with Crippen molar-refractivity contribution < 1.29 is 9.53 Å². The van der Waals surface area contributed by atoms with Crippen LogP contribution < -0.4 is 4.90 Å². The van der Waals surface area contributed by atoms with Crippen molar-refractivity contribution in [1.29, 1.82) is 0 Å². The molecule has 1 aromatic heterocycles. The number of rotatable bonds is 3. The summed E-state index contributed by atoms with van der Waals surface area (Å²) in [6.07, 6.45) is 0. The molecule has 2 aliphatic rings. The third kappa shape index (κ3) is 4.36. The zero-order valence-electron chi connectivity index (χ0n) is 16.4. The van der Waals surface area contributed by atoms with Crippen LogP contribution in [0.4, 0.5) is 5.82 Å². The van der Waals surface area contributed by atoms with E-state index < -0.39 is 0 Å². The van der Waals surface area contributed by atoms with Gasteiger partial charge in [0.25, 0.3) is 5.91 Å². The lowest BCUT2D eigenvalue weighted by molar-refractivity contribution is 0.0663. The number of anilines is 1. The normalized spacial score (nSPS) is 18.2. The molecule has 2 fully saturated rings. The van der Waals surface area contributed by atoms with E-state index in [-0.39, 0.29) is 5.91 Å². The monoisotopic (exact) mass is 434 g/mol. The summed E-state index contributed by atoms with van der Waals surface area (Å²) in [5.74, 6) is 0.710. The van der Waals surface area contributed by atoms with Crippen LogP contribution in [0.5, 0.6) is 0 Å². The number of pyridine rings is 1.